The number of hydrogen-bond acceptors (Lipinski definition) is 5. The van der Waals surface area contributed by atoms with Gasteiger partial charge in [0.25, 0.3) is 11.8 Å². The summed E-state index contributed by atoms with van der Waals surface area (Å²) in [6.45, 7) is 1.65. The van der Waals surface area contributed by atoms with Crippen LogP contribution in [0.25, 0.3) is 0 Å². The van der Waals surface area contributed by atoms with Crippen molar-refractivity contribution < 1.29 is 23.5 Å². The molecule has 0 bridgehead atoms. The van der Waals surface area contributed by atoms with E-state index in [0.717, 1.165) is 12.8 Å². The number of ether oxygens (including phenoxy) is 1. The maximum Gasteiger partial charge on any atom is 0.308 e. The number of furan rings is 1. The Labute approximate surface area is 122 Å². The van der Waals surface area contributed by atoms with Crippen molar-refractivity contribution in [1.29, 1.82) is 0 Å². The second kappa shape index (κ2) is 6.92. The average Bonchev–Trinajstić information content (AvgIpc) is 3.07. The van der Waals surface area contributed by atoms with E-state index in [2.05, 4.69) is 10.6 Å². The molecule has 1 aliphatic carbocycles. The van der Waals surface area contributed by atoms with Gasteiger partial charge < -0.3 is 19.8 Å². The Kier molecular flexibility index (Phi) is 4.97. The van der Waals surface area contributed by atoms with E-state index in [-0.39, 0.29) is 30.7 Å². The average molecular weight is 294 g/mol. The molecule has 1 heterocycles. The molecule has 2 N–H and O–H groups in total. The summed E-state index contributed by atoms with van der Waals surface area (Å²) in [5, 5.41) is 5.28. The number of esters is 1. The molecule has 0 aliphatic heterocycles. The van der Waals surface area contributed by atoms with Gasteiger partial charge in [0.1, 0.15) is 0 Å². The van der Waals surface area contributed by atoms with Crippen LogP contribution in [0.4, 0.5) is 0 Å². The second-order valence-corrected chi connectivity index (χ2v) is 4.90. The molecular weight excluding hydrogens is 276 g/mol. The van der Waals surface area contributed by atoms with Crippen LogP contribution in [0.1, 0.15) is 36.7 Å². The Morgan fingerprint density at radius 3 is 2.81 bits per heavy atom. The lowest BCUT2D eigenvalue weighted by Gasteiger charge is -2.13. The largest absolute Gasteiger partial charge is 0.459 e. The Morgan fingerprint density at radius 1 is 1.43 bits per heavy atom. The summed E-state index contributed by atoms with van der Waals surface area (Å²) in [6.07, 6.45) is 2.52. The molecule has 1 aromatic heterocycles. The van der Waals surface area contributed by atoms with E-state index in [9.17, 15) is 14.4 Å². The van der Waals surface area contributed by atoms with Crippen molar-refractivity contribution >= 4 is 17.8 Å². The summed E-state index contributed by atoms with van der Waals surface area (Å²) in [4.78, 5) is 34.7. The third-order valence-electron chi connectivity index (χ3n) is 2.96. The SMILES string of the molecule is C[C@@H](OC(=O)CCNC(=O)c1ccco1)C(=O)NC1CC1. The van der Waals surface area contributed by atoms with Crippen LogP contribution in [-0.2, 0) is 14.3 Å². The van der Waals surface area contributed by atoms with Crippen LogP contribution >= 0.6 is 0 Å². The number of carbonyl (C=O) groups excluding carboxylic acids is 3. The first-order valence-electron chi connectivity index (χ1n) is 6.88. The predicted octanol–water partition coefficient (Wildman–Crippen LogP) is 0.610. The first-order valence-corrected chi connectivity index (χ1v) is 6.88. The molecular formula is C14H18N2O5. The van der Waals surface area contributed by atoms with Gasteiger partial charge in [0.2, 0.25) is 0 Å². The van der Waals surface area contributed by atoms with E-state index >= 15 is 0 Å². The van der Waals surface area contributed by atoms with E-state index in [1.165, 1.54) is 19.3 Å². The van der Waals surface area contributed by atoms with Crippen molar-refractivity contribution in [1.82, 2.24) is 10.6 Å². The number of carbonyl (C=O) groups is 3. The highest BCUT2D eigenvalue weighted by molar-refractivity contribution is 5.91. The molecule has 114 valence electrons. The van der Waals surface area contributed by atoms with E-state index < -0.39 is 18.0 Å². The molecule has 7 heteroatoms. The van der Waals surface area contributed by atoms with Crippen molar-refractivity contribution in [2.75, 3.05) is 6.54 Å². The number of amides is 2. The smallest absolute Gasteiger partial charge is 0.308 e. The monoisotopic (exact) mass is 294 g/mol. The van der Waals surface area contributed by atoms with Crippen molar-refractivity contribution in [3.63, 3.8) is 0 Å². The lowest BCUT2D eigenvalue weighted by molar-refractivity contribution is -0.154. The molecule has 7 nitrogen and oxygen atoms in total. The lowest BCUT2D eigenvalue weighted by atomic mass is 10.3. The molecule has 2 rings (SSSR count). The van der Waals surface area contributed by atoms with Crippen LogP contribution < -0.4 is 10.6 Å². The highest BCUT2D eigenvalue weighted by atomic mass is 16.5. The molecule has 21 heavy (non-hydrogen) atoms. The Bertz CT molecular complexity index is 507. The summed E-state index contributed by atoms with van der Waals surface area (Å²) in [5.74, 6) is -1.04. The number of nitrogens with one attached hydrogen (secondary N) is 2. The molecule has 1 saturated carbocycles. The van der Waals surface area contributed by atoms with Gasteiger partial charge in [-0.2, -0.15) is 0 Å². The zero-order valence-electron chi connectivity index (χ0n) is 11.8. The molecule has 2 amide bonds. The van der Waals surface area contributed by atoms with Gasteiger partial charge in [0, 0.05) is 12.6 Å². The summed E-state index contributed by atoms with van der Waals surface area (Å²) in [7, 11) is 0. The number of rotatable bonds is 7. The van der Waals surface area contributed by atoms with Gasteiger partial charge >= 0.3 is 5.97 Å². The van der Waals surface area contributed by atoms with E-state index in [4.69, 9.17) is 9.15 Å². The summed E-state index contributed by atoms with van der Waals surface area (Å²) >= 11 is 0. The molecule has 0 radical (unpaired) electrons. The molecule has 1 atom stereocenters. The normalized spacial score (nSPS) is 15.1. The van der Waals surface area contributed by atoms with Crippen molar-refractivity contribution in [2.24, 2.45) is 0 Å². The highest BCUT2D eigenvalue weighted by Crippen LogP contribution is 2.18. The van der Waals surface area contributed by atoms with Crippen molar-refractivity contribution in [3.8, 4) is 0 Å². The summed E-state index contributed by atoms with van der Waals surface area (Å²) in [5.41, 5.74) is 0. The standard InChI is InChI=1S/C14H18N2O5/c1-9(13(18)16-10-4-5-10)21-12(17)6-7-15-14(19)11-3-2-8-20-11/h2-3,8-10H,4-7H2,1H3,(H,15,19)(H,16,18)/t9-/m1/s1. The van der Waals surface area contributed by atoms with Gasteiger partial charge in [-0.15, -0.1) is 0 Å². The van der Waals surface area contributed by atoms with Gasteiger partial charge in [-0.05, 0) is 31.9 Å². The van der Waals surface area contributed by atoms with Crippen LogP contribution in [0.15, 0.2) is 22.8 Å². The first kappa shape index (κ1) is 15.1. The maximum absolute atomic E-state index is 11.6. The fourth-order valence-corrected chi connectivity index (χ4v) is 1.63. The molecule has 0 unspecified atom stereocenters. The molecule has 1 aromatic rings. The van der Waals surface area contributed by atoms with Gasteiger partial charge in [0.05, 0.1) is 12.7 Å². The topological polar surface area (TPSA) is 97.6 Å². The van der Waals surface area contributed by atoms with Crippen LogP contribution in [0, 0.1) is 0 Å². The minimum absolute atomic E-state index is 0.00645. The minimum atomic E-state index is -0.820. The zero-order chi connectivity index (χ0) is 15.2. The van der Waals surface area contributed by atoms with Crippen LogP contribution in [0.5, 0.6) is 0 Å². The van der Waals surface area contributed by atoms with E-state index in [1.54, 1.807) is 6.07 Å². The van der Waals surface area contributed by atoms with Crippen LogP contribution in [0.2, 0.25) is 0 Å². The summed E-state index contributed by atoms with van der Waals surface area (Å²) < 4.78 is 9.90. The quantitative estimate of drug-likeness (QED) is 0.718. The van der Waals surface area contributed by atoms with Gasteiger partial charge in [-0.1, -0.05) is 0 Å². The van der Waals surface area contributed by atoms with E-state index in [0.29, 0.717) is 0 Å². The number of hydrogen-bond donors (Lipinski definition) is 2. The molecule has 1 fully saturated rings. The molecule has 1 aliphatic rings. The lowest BCUT2D eigenvalue weighted by Crippen LogP contribution is -2.37. The van der Waals surface area contributed by atoms with Crippen molar-refractivity contribution in [2.45, 2.75) is 38.3 Å². The Balaban J connectivity index is 1.62. The molecule has 0 saturated heterocycles. The van der Waals surface area contributed by atoms with Crippen LogP contribution in [-0.4, -0.2) is 36.5 Å². The fraction of sp³-hybridized carbons (Fsp3) is 0.500. The van der Waals surface area contributed by atoms with Gasteiger partial charge in [-0.25, -0.2) is 0 Å². The van der Waals surface area contributed by atoms with Crippen LogP contribution in [0.3, 0.4) is 0 Å². The Morgan fingerprint density at radius 2 is 2.19 bits per heavy atom. The van der Waals surface area contributed by atoms with Gasteiger partial charge in [-0.3, -0.25) is 14.4 Å². The third kappa shape index (κ3) is 4.94. The summed E-state index contributed by atoms with van der Waals surface area (Å²) in [6, 6.07) is 3.35. The first-order chi connectivity index (χ1) is 10.1. The zero-order valence-corrected chi connectivity index (χ0v) is 11.8. The maximum atomic E-state index is 11.6. The third-order valence-corrected chi connectivity index (χ3v) is 2.96. The van der Waals surface area contributed by atoms with Gasteiger partial charge in [0.15, 0.2) is 11.9 Å². The molecule has 0 spiro atoms. The van der Waals surface area contributed by atoms with E-state index in [1.807, 2.05) is 0 Å². The van der Waals surface area contributed by atoms with Crippen molar-refractivity contribution in [3.05, 3.63) is 24.2 Å². The predicted molar refractivity (Wildman–Crippen MR) is 72.4 cm³/mol. The molecule has 0 aromatic carbocycles. The second-order valence-electron chi connectivity index (χ2n) is 4.90. The fourth-order valence-electron chi connectivity index (χ4n) is 1.63. The minimum Gasteiger partial charge on any atom is -0.459 e. The highest BCUT2D eigenvalue weighted by Gasteiger charge is 2.27. The Hall–Kier alpha value is -2.31.